The molecule has 0 saturated heterocycles. The first-order valence-corrected chi connectivity index (χ1v) is 4.41. The highest BCUT2D eigenvalue weighted by molar-refractivity contribution is 5.76. The quantitative estimate of drug-likeness (QED) is 0.339. The highest BCUT2D eigenvalue weighted by Gasteiger charge is 2.21. The Balaban J connectivity index is 4.12. The van der Waals surface area contributed by atoms with E-state index < -0.39 is 12.0 Å². The van der Waals surface area contributed by atoms with Crippen LogP contribution in [0.15, 0.2) is 4.99 Å². The number of nitrogens with two attached hydrogens (primary N) is 3. The predicted octanol–water partition coefficient (Wildman–Crippen LogP) is -0.914. The number of aliphatic imine (C=N–C) groups is 1. The fourth-order valence-corrected chi connectivity index (χ4v) is 1.24. The minimum atomic E-state index is -1.01. The third-order valence-corrected chi connectivity index (χ3v) is 1.98. The summed E-state index contributed by atoms with van der Waals surface area (Å²) >= 11 is 0. The molecule has 3 atom stereocenters. The van der Waals surface area contributed by atoms with E-state index in [0.717, 1.165) is 0 Å². The Bertz CT molecular complexity index is 225. The molecule has 0 aliphatic rings. The van der Waals surface area contributed by atoms with Gasteiger partial charge >= 0.3 is 5.97 Å². The molecule has 0 rings (SSSR count). The number of carboxylic acids is 1. The SMILES string of the molecule is CC(CC(C)C(N)C(=O)O)N=C(N)N. The van der Waals surface area contributed by atoms with Crippen molar-refractivity contribution in [1.82, 2.24) is 0 Å². The average molecular weight is 202 g/mol. The third-order valence-electron chi connectivity index (χ3n) is 1.98. The van der Waals surface area contributed by atoms with Crippen LogP contribution in [0.3, 0.4) is 0 Å². The highest BCUT2D eigenvalue weighted by atomic mass is 16.4. The molecule has 0 aromatic heterocycles. The van der Waals surface area contributed by atoms with Gasteiger partial charge in [-0.2, -0.15) is 0 Å². The number of hydrogen-bond acceptors (Lipinski definition) is 3. The zero-order valence-electron chi connectivity index (χ0n) is 8.47. The summed E-state index contributed by atoms with van der Waals surface area (Å²) < 4.78 is 0. The maximum absolute atomic E-state index is 10.5. The topological polar surface area (TPSA) is 128 Å². The van der Waals surface area contributed by atoms with Crippen LogP contribution in [0.4, 0.5) is 0 Å². The molecule has 0 heterocycles. The molecule has 6 heteroatoms. The fourth-order valence-electron chi connectivity index (χ4n) is 1.24. The monoisotopic (exact) mass is 202 g/mol. The predicted molar refractivity (Wildman–Crippen MR) is 54.7 cm³/mol. The molecule has 0 bridgehead atoms. The second-order valence-corrected chi connectivity index (χ2v) is 3.48. The number of carbonyl (C=O) groups is 1. The Morgan fingerprint density at radius 1 is 1.43 bits per heavy atom. The zero-order valence-corrected chi connectivity index (χ0v) is 8.47. The van der Waals surface area contributed by atoms with E-state index in [-0.39, 0.29) is 17.9 Å². The van der Waals surface area contributed by atoms with Crippen LogP contribution < -0.4 is 17.2 Å². The van der Waals surface area contributed by atoms with Crippen LogP contribution >= 0.6 is 0 Å². The van der Waals surface area contributed by atoms with Crippen molar-refractivity contribution in [3.63, 3.8) is 0 Å². The Hall–Kier alpha value is -1.30. The van der Waals surface area contributed by atoms with Crippen molar-refractivity contribution in [1.29, 1.82) is 0 Å². The van der Waals surface area contributed by atoms with Crippen LogP contribution in [0.1, 0.15) is 20.3 Å². The molecular formula is C8H18N4O2. The maximum atomic E-state index is 10.5. The van der Waals surface area contributed by atoms with E-state index in [4.69, 9.17) is 22.3 Å². The zero-order chi connectivity index (χ0) is 11.3. The summed E-state index contributed by atoms with van der Waals surface area (Å²) in [4.78, 5) is 14.4. The van der Waals surface area contributed by atoms with E-state index >= 15 is 0 Å². The Morgan fingerprint density at radius 3 is 2.29 bits per heavy atom. The molecule has 0 fully saturated rings. The number of rotatable bonds is 5. The van der Waals surface area contributed by atoms with Crippen LogP contribution in [-0.4, -0.2) is 29.1 Å². The van der Waals surface area contributed by atoms with Crippen LogP contribution in [0.2, 0.25) is 0 Å². The minimum Gasteiger partial charge on any atom is -0.480 e. The van der Waals surface area contributed by atoms with Crippen molar-refractivity contribution in [3.8, 4) is 0 Å². The van der Waals surface area contributed by atoms with Gasteiger partial charge in [-0.3, -0.25) is 9.79 Å². The number of hydrogen-bond donors (Lipinski definition) is 4. The number of aliphatic carboxylic acids is 1. The van der Waals surface area contributed by atoms with Gasteiger partial charge in [0.1, 0.15) is 6.04 Å². The first kappa shape index (κ1) is 12.7. The molecule has 0 radical (unpaired) electrons. The molecule has 0 aliphatic heterocycles. The van der Waals surface area contributed by atoms with E-state index in [1.54, 1.807) is 6.92 Å². The molecule has 0 spiro atoms. The summed E-state index contributed by atoms with van der Waals surface area (Å²) in [6.45, 7) is 3.57. The smallest absolute Gasteiger partial charge is 0.320 e. The highest BCUT2D eigenvalue weighted by Crippen LogP contribution is 2.11. The summed E-state index contributed by atoms with van der Waals surface area (Å²) in [5.41, 5.74) is 15.8. The van der Waals surface area contributed by atoms with E-state index in [1.807, 2.05) is 6.92 Å². The van der Waals surface area contributed by atoms with Crippen molar-refractivity contribution in [2.75, 3.05) is 0 Å². The molecule has 0 aromatic carbocycles. The lowest BCUT2D eigenvalue weighted by atomic mass is 9.96. The van der Waals surface area contributed by atoms with E-state index in [9.17, 15) is 4.79 Å². The lowest BCUT2D eigenvalue weighted by molar-refractivity contribution is -0.139. The van der Waals surface area contributed by atoms with Gasteiger partial charge in [-0.15, -0.1) is 0 Å². The van der Waals surface area contributed by atoms with Crippen molar-refractivity contribution in [2.45, 2.75) is 32.4 Å². The van der Waals surface area contributed by atoms with Crippen molar-refractivity contribution < 1.29 is 9.90 Å². The van der Waals surface area contributed by atoms with Gasteiger partial charge in [0.2, 0.25) is 0 Å². The second-order valence-electron chi connectivity index (χ2n) is 3.48. The molecule has 0 aliphatic carbocycles. The van der Waals surface area contributed by atoms with Crippen molar-refractivity contribution >= 4 is 11.9 Å². The third kappa shape index (κ3) is 4.66. The second kappa shape index (κ2) is 5.43. The van der Waals surface area contributed by atoms with Gasteiger partial charge in [-0.05, 0) is 19.3 Å². The minimum absolute atomic E-state index is 0.00796. The van der Waals surface area contributed by atoms with Crippen LogP contribution in [0.5, 0.6) is 0 Å². The average Bonchev–Trinajstić information content (AvgIpc) is 2.00. The lowest BCUT2D eigenvalue weighted by Crippen LogP contribution is -2.38. The van der Waals surface area contributed by atoms with Gasteiger partial charge in [0.15, 0.2) is 5.96 Å². The van der Waals surface area contributed by atoms with Gasteiger partial charge in [-0.25, -0.2) is 0 Å². The van der Waals surface area contributed by atoms with Gasteiger partial charge in [0.05, 0.1) is 6.04 Å². The van der Waals surface area contributed by atoms with Gasteiger partial charge in [0.25, 0.3) is 0 Å². The van der Waals surface area contributed by atoms with E-state index in [1.165, 1.54) is 0 Å². The Morgan fingerprint density at radius 2 is 1.93 bits per heavy atom. The molecule has 6 nitrogen and oxygen atoms in total. The van der Waals surface area contributed by atoms with Gasteiger partial charge in [0, 0.05) is 0 Å². The number of nitrogens with zero attached hydrogens (tertiary/aromatic N) is 1. The molecule has 82 valence electrons. The molecule has 0 amide bonds. The van der Waals surface area contributed by atoms with E-state index in [2.05, 4.69) is 4.99 Å². The largest absolute Gasteiger partial charge is 0.480 e. The Kier molecular flexibility index (Phi) is 4.93. The first-order valence-electron chi connectivity index (χ1n) is 4.41. The van der Waals surface area contributed by atoms with Crippen LogP contribution in [-0.2, 0) is 4.79 Å². The molecule has 0 aromatic rings. The molecule has 3 unspecified atom stereocenters. The molecule has 7 N–H and O–H groups in total. The van der Waals surface area contributed by atoms with E-state index in [0.29, 0.717) is 6.42 Å². The lowest BCUT2D eigenvalue weighted by Gasteiger charge is -2.17. The van der Waals surface area contributed by atoms with Crippen molar-refractivity contribution in [2.24, 2.45) is 28.1 Å². The maximum Gasteiger partial charge on any atom is 0.320 e. The summed E-state index contributed by atoms with van der Waals surface area (Å²) in [7, 11) is 0. The first-order chi connectivity index (χ1) is 6.34. The summed E-state index contributed by atoms with van der Waals surface area (Å²) in [5, 5.41) is 8.64. The molecule has 0 saturated carbocycles. The van der Waals surface area contributed by atoms with Crippen molar-refractivity contribution in [3.05, 3.63) is 0 Å². The normalized spacial score (nSPS) is 16.8. The standard InChI is InChI=1S/C8H18N4O2/c1-4(6(9)7(13)14)3-5(2)12-8(10)11/h4-6H,3,9H2,1-2H3,(H,13,14)(H4,10,11,12). The summed E-state index contributed by atoms with van der Waals surface area (Å²) in [6.07, 6.45) is 0.547. The number of guanidine groups is 1. The number of carboxylic acid groups (broad SMARTS) is 1. The molecular weight excluding hydrogens is 184 g/mol. The summed E-state index contributed by atoms with van der Waals surface area (Å²) in [5.74, 6) is -1.16. The molecule has 14 heavy (non-hydrogen) atoms. The van der Waals surface area contributed by atoms with Gasteiger partial charge < -0.3 is 22.3 Å². The van der Waals surface area contributed by atoms with Crippen LogP contribution in [0.25, 0.3) is 0 Å². The fraction of sp³-hybridized carbons (Fsp3) is 0.750. The summed E-state index contributed by atoms with van der Waals surface area (Å²) in [6, 6.07) is -0.980. The van der Waals surface area contributed by atoms with Crippen LogP contribution in [0, 0.1) is 5.92 Å². The van der Waals surface area contributed by atoms with Gasteiger partial charge in [-0.1, -0.05) is 6.92 Å². The Labute approximate surface area is 83.2 Å².